The number of rotatable bonds is 5. The van der Waals surface area contributed by atoms with Crippen molar-refractivity contribution in [2.75, 3.05) is 7.11 Å². The molecular weight excluding hydrogens is 326 g/mol. The largest absolute Gasteiger partial charge is 0.496 e. The summed E-state index contributed by atoms with van der Waals surface area (Å²) in [6, 6.07) is 15.5. The van der Waals surface area contributed by atoms with E-state index >= 15 is 0 Å². The molecule has 0 aliphatic heterocycles. The number of para-hydroxylation sites is 1. The molecule has 0 fully saturated rings. The van der Waals surface area contributed by atoms with Gasteiger partial charge >= 0.3 is 0 Å². The first-order valence-electron chi connectivity index (χ1n) is 8.54. The quantitative estimate of drug-likeness (QED) is 0.763. The van der Waals surface area contributed by atoms with Gasteiger partial charge in [-0.05, 0) is 45.0 Å². The topological polar surface area (TPSA) is 56.1 Å². The Kier molecular flexibility index (Phi) is 5.07. The van der Waals surface area contributed by atoms with Crippen LogP contribution in [0.2, 0.25) is 0 Å². The molecule has 1 heterocycles. The average Bonchev–Trinajstić information content (AvgIpc) is 2.94. The van der Waals surface area contributed by atoms with Crippen LogP contribution in [0.25, 0.3) is 5.69 Å². The molecule has 26 heavy (non-hydrogen) atoms. The van der Waals surface area contributed by atoms with Gasteiger partial charge in [0, 0.05) is 17.8 Å². The second-order valence-electron chi connectivity index (χ2n) is 6.28. The molecule has 0 atom stereocenters. The molecule has 0 bridgehead atoms. The van der Waals surface area contributed by atoms with Crippen LogP contribution < -0.4 is 10.1 Å². The summed E-state index contributed by atoms with van der Waals surface area (Å²) >= 11 is 0. The predicted molar refractivity (Wildman–Crippen MR) is 102 cm³/mol. The molecule has 2 aromatic carbocycles. The summed E-state index contributed by atoms with van der Waals surface area (Å²) in [6.07, 6.45) is 0. The van der Waals surface area contributed by atoms with E-state index in [0.717, 1.165) is 28.2 Å². The Labute approximate surface area is 153 Å². The van der Waals surface area contributed by atoms with Crippen molar-refractivity contribution in [2.45, 2.75) is 27.3 Å². The Balaban J connectivity index is 1.82. The number of aromatic nitrogens is 2. The zero-order valence-electron chi connectivity index (χ0n) is 15.5. The lowest BCUT2D eigenvalue weighted by molar-refractivity contribution is 0.0947. The van der Waals surface area contributed by atoms with Crippen LogP contribution in [0.15, 0.2) is 48.5 Å². The monoisotopic (exact) mass is 349 g/mol. The highest BCUT2D eigenvalue weighted by molar-refractivity contribution is 5.97. The van der Waals surface area contributed by atoms with E-state index in [9.17, 15) is 4.79 Å². The van der Waals surface area contributed by atoms with Crippen molar-refractivity contribution in [1.82, 2.24) is 15.1 Å². The minimum Gasteiger partial charge on any atom is -0.496 e. The number of carbonyl (C=O) groups excluding carboxylic acids is 1. The van der Waals surface area contributed by atoms with Gasteiger partial charge in [0.05, 0.1) is 24.1 Å². The molecule has 0 saturated heterocycles. The first-order chi connectivity index (χ1) is 12.5. The van der Waals surface area contributed by atoms with E-state index in [1.165, 1.54) is 0 Å². The van der Waals surface area contributed by atoms with E-state index in [1.807, 2.05) is 74.0 Å². The van der Waals surface area contributed by atoms with Crippen molar-refractivity contribution in [3.8, 4) is 11.4 Å². The normalized spacial score (nSPS) is 10.6. The zero-order chi connectivity index (χ0) is 18.7. The highest BCUT2D eigenvalue weighted by atomic mass is 16.5. The molecule has 0 aliphatic rings. The van der Waals surface area contributed by atoms with Crippen LogP contribution in [0.3, 0.4) is 0 Å². The maximum absolute atomic E-state index is 12.6. The van der Waals surface area contributed by atoms with Crippen LogP contribution in [0.4, 0.5) is 0 Å². The van der Waals surface area contributed by atoms with Gasteiger partial charge < -0.3 is 10.1 Å². The third-order valence-electron chi connectivity index (χ3n) is 4.47. The van der Waals surface area contributed by atoms with Gasteiger partial charge in [0.15, 0.2) is 0 Å². The molecule has 0 unspecified atom stereocenters. The Hall–Kier alpha value is -3.08. The van der Waals surface area contributed by atoms with Crippen LogP contribution in [0.5, 0.6) is 5.75 Å². The van der Waals surface area contributed by atoms with Gasteiger partial charge in [0.25, 0.3) is 5.91 Å². The molecule has 1 aromatic heterocycles. The summed E-state index contributed by atoms with van der Waals surface area (Å²) in [4.78, 5) is 12.6. The van der Waals surface area contributed by atoms with Crippen molar-refractivity contribution in [1.29, 1.82) is 0 Å². The predicted octanol–water partition coefficient (Wildman–Crippen LogP) is 3.74. The number of nitrogens with one attached hydrogen (secondary N) is 1. The minimum atomic E-state index is -0.156. The van der Waals surface area contributed by atoms with E-state index in [2.05, 4.69) is 10.4 Å². The summed E-state index contributed by atoms with van der Waals surface area (Å²) in [5.74, 6) is 0.415. The van der Waals surface area contributed by atoms with E-state index in [1.54, 1.807) is 7.11 Å². The van der Waals surface area contributed by atoms with E-state index < -0.39 is 0 Å². The van der Waals surface area contributed by atoms with Crippen LogP contribution in [-0.4, -0.2) is 22.8 Å². The summed E-state index contributed by atoms with van der Waals surface area (Å²) in [5, 5.41) is 7.61. The number of methoxy groups -OCH3 is 1. The Morgan fingerprint density at radius 3 is 2.54 bits per heavy atom. The number of amides is 1. The molecule has 5 heteroatoms. The lowest BCUT2D eigenvalue weighted by Gasteiger charge is -2.11. The number of hydrogen-bond donors (Lipinski definition) is 1. The Morgan fingerprint density at radius 1 is 1.12 bits per heavy atom. The maximum atomic E-state index is 12.6. The average molecular weight is 349 g/mol. The molecular formula is C21H23N3O2. The standard InChI is InChI=1S/C21H23N3O2/c1-14-10-11-20(26-4)18(12-14)21(25)22-13-19-15(2)23-24(16(19)3)17-8-6-5-7-9-17/h5-12H,13H2,1-4H3,(H,22,25). The highest BCUT2D eigenvalue weighted by Crippen LogP contribution is 2.21. The third-order valence-corrected chi connectivity index (χ3v) is 4.47. The Morgan fingerprint density at radius 2 is 1.85 bits per heavy atom. The number of hydrogen-bond acceptors (Lipinski definition) is 3. The van der Waals surface area contributed by atoms with Crippen LogP contribution >= 0.6 is 0 Å². The fourth-order valence-electron chi connectivity index (χ4n) is 3.01. The van der Waals surface area contributed by atoms with Gasteiger partial charge in [-0.25, -0.2) is 4.68 Å². The van der Waals surface area contributed by atoms with Gasteiger partial charge in [-0.15, -0.1) is 0 Å². The first-order valence-corrected chi connectivity index (χ1v) is 8.54. The fourth-order valence-corrected chi connectivity index (χ4v) is 3.01. The fraction of sp³-hybridized carbons (Fsp3) is 0.238. The Bertz CT molecular complexity index is 930. The number of carbonyl (C=O) groups is 1. The number of nitrogens with zero attached hydrogens (tertiary/aromatic N) is 2. The molecule has 134 valence electrons. The lowest BCUT2D eigenvalue weighted by Crippen LogP contribution is -2.24. The summed E-state index contributed by atoms with van der Waals surface area (Å²) in [5.41, 5.74) is 5.51. The number of ether oxygens (including phenoxy) is 1. The molecule has 1 N–H and O–H groups in total. The minimum absolute atomic E-state index is 0.156. The van der Waals surface area contributed by atoms with Crippen LogP contribution in [0.1, 0.15) is 32.9 Å². The number of benzene rings is 2. The SMILES string of the molecule is COc1ccc(C)cc1C(=O)NCc1c(C)nn(-c2ccccc2)c1C. The van der Waals surface area contributed by atoms with Gasteiger partial charge in [-0.3, -0.25) is 4.79 Å². The smallest absolute Gasteiger partial charge is 0.255 e. The van der Waals surface area contributed by atoms with Crippen molar-refractivity contribution in [2.24, 2.45) is 0 Å². The second kappa shape index (κ2) is 7.44. The van der Waals surface area contributed by atoms with Gasteiger partial charge in [-0.2, -0.15) is 5.10 Å². The zero-order valence-corrected chi connectivity index (χ0v) is 15.5. The van der Waals surface area contributed by atoms with Crippen LogP contribution in [0, 0.1) is 20.8 Å². The third kappa shape index (κ3) is 3.47. The summed E-state index contributed by atoms with van der Waals surface area (Å²) < 4.78 is 7.21. The molecule has 3 aromatic rings. The van der Waals surface area contributed by atoms with Crippen molar-refractivity contribution in [3.63, 3.8) is 0 Å². The molecule has 0 radical (unpaired) electrons. The molecule has 3 rings (SSSR count). The van der Waals surface area contributed by atoms with Crippen molar-refractivity contribution < 1.29 is 9.53 Å². The van der Waals surface area contributed by atoms with E-state index in [0.29, 0.717) is 17.9 Å². The molecule has 5 nitrogen and oxygen atoms in total. The van der Waals surface area contributed by atoms with Crippen molar-refractivity contribution >= 4 is 5.91 Å². The lowest BCUT2D eigenvalue weighted by atomic mass is 10.1. The van der Waals surface area contributed by atoms with E-state index in [-0.39, 0.29) is 5.91 Å². The highest BCUT2D eigenvalue weighted by Gasteiger charge is 2.16. The molecule has 0 aliphatic carbocycles. The second-order valence-corrected chi connectivity index (χ2v) is 6.28. The van der Waals surface area contributed by atoms with Crippen LogP contribution in [-0.2, 0) is 6.54 Å². The maximum Gasteiger partial charge on any atom is 0.255 e. The van der Waals surface area contributed by atoms with Gasteiger partial charge in [0.2, 0.25) is 0 Å². The van der Waals surface area contributed by atoms with Gasteiger partial charge in [-0.1, -0.05) is 29.8 Å². The molecule has 0 spiro atoms. The summed E-state index contributed by atoms with van der Waals surface area (Å²) in [6.45, 7) is 6.34. The first kappa shape index (κ1) is 17.7. The molecule has 1 amide bonds. The van der Waals surface area contributed by atoms with Crippen molar-refractivity contribution in [3.05, 3.63) is 76.6 Å². The van der Waals surface area contributed by atoms with E-state index in [4.69, 9.17) is 4.74 Å². The van der Waals surface area contributed by atoms with Gasteiger partial charge in [0.1, 0.15) is 5.75 Å². The molecule has 0 saturated carbocycles. The summed E-state index contributed by atoms with van der Waals surface area (Å²) in [7, 11) is 1.57. The number of aryl methyl sites for hydroxylation is 2.